The van der Waals surface area contributed by atoms with E-state index in [-0.39, 0.29) is 18.5 Å². The van der Waals surface area contributed by atoms with Gasteiger partial charge in [-0.1, -0.05) is 0 Å². The molecule has 5 heteroatoms. The normalized spacial score (nSPS) is 20.1. The van der Waals surface area contributed by atoms with Gasteiger partial charge in [0.1, 0.15) is 5.60 Å². The van der Waals surface area contributed by atoms with Crippen LogP contribution in [0.5, 0.6) is 0 Å². The third-order valence-corrected chi connectivity index (χ3v) is 2.32. The van der Waals surface area contributed by atoms with E-state index in [0.29, 0.717) is 12.6 Å². The molecule has 0 saturated carbocycles. The first-order valence-corrected chi connectivity index (χ1v) is 5.67. The molecule has 0 spiro atoms. The van der Waals surface area contributed by atoms with Crippen molar-refractivity contribution in [3.8, 4) is 0 Å². The monoisotopic (exact) mass is 250 g/mol. The van der Waals surface area contributed by atoms with Gasteiger partial charge in [0.15, 0.2) is 0 Å². The van der Waals surface area contributed by atoms with Crippen LogP contribution in [-0.4, -0.2) is 30.8 Å². The van der Waals surface area contributed by atoms with E-state index < -0.39 is 5.60 Å². The lowest BCUT2D eigenvalue weighted by atomic mass is 10.1. The zero-order chi connectivity index (χ0) is 11.3. The molecule has 1 fully saturated rings. The zero-order valence-corrected chi connectivity index (χ0v) is 11.2. The SMILES string of the molecule is CC(C)(C)OC(=O)NCC[C@@H]1CCCN1.Cl. The number of amides is 1. The first kappa shape index (κ1) is 15.5. The predicted octanol–water partition coefficient (Wildman–Crippen LogP) is 2.07. The van der Waals surface area contributed by atoms with Crippen LogP contribution in [0.3, 0.4) is 0 Å². The molecule has 4 nitrogen and oxygen atoms in total. The maximum absolute atomic E-state index is 11.3. The molecule has 0 radical (unpaired) electrons. The highest BCUT2D eigenvalue weighted by molar-refractivity contribution is 5.85. The molecule has 2 N–H and O–H groups in total. The lowest BCUT2D eigenvalue weighted by Crippen LogP contribution is -2.35. The minimum Gasteiger partial charge on any atom is -0.444 e. The molecule has 1 heterocycles. The van der Waals surface area contributed by atoms with Crippen LogP contribution in [0.1, 0.15) is 40.0 Å². The summed E-state index contributed by atoms with van der Waals surface area (Å²) in [5, 5.41) is 6.15. The van der Waals surface area contributed by atoms with Gasteiger partial charge < -0.3 is 15.4 Å². The summed E-state index contributed by atoms with van der Waals surface area (Å²) in [6.07, 6.45) is 3.13. The van der Waals surface area contributed by atoms with Crippen LogP contribution in [0.4, 0.5) is 4.79 Å². The molecule has 0 aromatic heterocycles. The van der Waals surface area contributed by atoms with Crippen molar-refractivity contribution in [2.24, 2.45) is 0 Å². The minimum absolute atomic E-state index is 0. The Hall–Kier alpha value is -0.480. The van der Waals surface area contributed by atoms with Crippen molar-refractivity contribution in [1.82, 2.24) is 10.6 Å². The van der Waals surface area contributed by atoms with Gasteiger partial charge in [-0.05, 0) is 46.6 Å². The second kappa shape index (κ2) is 6.97. The summed E-state index contributed by atoms with van der Waals surface area (Å²) in [6, 6.07) is 0.569. The molecule has 0 aromatic rings. The van der Waals surface area contributed by atoms with Gasteiger partial charge in [-0.2, -0.15) is 0 Å². The van der Waals surface area contributed by atoms with Crippen LogP contribution in [0.15, 0.2) is 0 Å². The van der Waals surface area contributed by atoms with Crippen LogP contribution >= 0.6 is 12.4 Å². The van der Waals surface area contributed by atoms with E-state index >= 15 is 0 Å². The molecule has 0 bridgehead atoms. The highest BCUT2D eigenvalue weighted by Crippen LogP contribution is 2.08. The van der Waals surface area contributed by atoms with Crippen LogP contribution in [0.25, 0.3) is 0 Å². The molecule has 0 aromatic carbocycles. The molecule has 1 saturated heterocycles. The molecule has 1 aliphatic rings. The van der Waals surface area contributed by atoms with Crippen molar-refractivity contribution >= 4 is 18.5 Å². The first-order chi connectivity index (χ1) is 6.97. The highest BCUT2D eigenvalue weighted by Gasteiger charge is 2.17. The van der Waals surface area contributed by atoms with E-state index in [4.69, 9.17) is 4.74 Å². The summed E-state index contributed by atoms with van der Waals surface area (Å²) in [4.78, 5) is 11.3. The maximum atomic E-state index is 11.3. The number of hydrogen-bond acceptors (Lipinski definition) is 3. The Kier molecular flexibility index (Phi) is 6.76. The third kappa shape index (κ3) is 6.90. The molecule has 96 valence electrons. The van der Waals surface area contributed by atoms with E-state index in [9.17, 15) is 4.79 Å². The fourth-order valence-electron chi connectivity index (χ4n) is 1.67. The number of carbonyl (C=O) groups is 1. The van der Waals surface area contributed by atoms with Crippen LogP contribution in [-0.2, 0) is 4.74 Å². The Morgan fingerprint density at radius 3 is 2.69 bits per heavy atom. The van der Waals surface area contributed by atoms with Gasteiger partial charge in [-0.15, -0.1) is 12.4 Å². The zero-order valence-electron chi connectivity index (χ0n) is 10.3. The lowest BCUT2D eigenvalue weighted by molar-refractivity contribution is 0.0526. The standard InChI is InChI=1S/C11H22N2O2.ClH/c1-11(2,3)15-10(14)13-8-6-9-5-4-7-12-9;/h9,12H,4-8H2,1-3H3,(H,13,14);1H/t9-;/m0./s1. The van der Waals surface area contributed by atoms with E-state index in [1.807, 2.05) is 20.8 Å². The average Bonchev–Trinajstić information content (AvgIpc) is 2.53. The Balaban J connectivity index is 0.00000225. The Morgan fingerprint density at radius 2 is 2.19 bits per heavy atom. The molecule has 16 heavy (non-hydrogen) atoms. The van der Waals surface area contributed by atoms with Crippen molar-refractivity contribution in [3.63, 3.8) is 0 Å². The number of nitrogens with one attached hydrogen (secondary N) is 2. The third-order valence-electron chi connectivity index (χ3n) is 2.32. The highest BCUT2D eigenvalue weighted by atomic mass is 35.5. The second-order valence-electron chi connectivity index (χ2n) is 5.01. The van der Waals surface area contributed by atoms with Crippen LogP contribution < -0.4 is 10.6 Å². The van der Waals surface area contributed by atoms with Crippen molar-refractivity contribution in [1.29, 1.82) is 0 Å². The Labute approximate surface area is 104 Å². The van der Waals surface area contributed by atoms with Gasteiger partial charge in [0, 0.05) is 12.6 Å². The summed E-state index contributed by atoms with van der Waals surface area (Å²) in [5.74, 6) is 0. The number of ether oxygens (including phenoxy) is 1. The summed E-state index contributed by atoms with van der Waals surface area (Å²) in [6.45, 7) is 7.39. The van der Waals surface area contributed by atoms with Gasteiger partial charge in [-0.3, -0.25) is 0 Å². The predicted molar refractivity (Wildman–Crippen MR) is 67.1 cm³/mol. The molecule has 1 rings (SSSR count). The van der Waals surface area contributed by atoms with Crippen LogP contribution in [0, 0.1) is 0 Å². The molecular formula is C11H23ClN2O2. The quantitative estimate of drug-likeness (QED) is 0.806. The van der Waals surface area contributed by atoms with Crippen molar-refractivity contribution in [2.45, 2.75) is 51.7 Å². The van der Waals surface area contributed by atoms with Gasteiger partial charge in [-0.25, -0.2) is 4.79 Å². The number of carbonyl (C=O) groups excluding carboxylic acids is 1. The summed E-state index contributed by atoms with van der Waals surface area (Å²) >= 11 is 0. The Bertz CT molecular complexity index is 211. The van der Waals surface area contributed by atoms with Crippen LogP contribution in [0.2, 0.25) is 0 Å². The number of alkyl carbamates (subject to hydrolysis) is 1. The largest absolute Gasteiger partial charge is 0.444 e. The van der Waals surface area contributed by atoms with Gasteiger partial charge in [0.25, 0.3) is 0 Å². The molecule has 0 aliphatic carbocycles. The fourth-order valence-corrected chi connectivity index (χ4v) is 1.67. The smallest absolute Gasteiger partial charge is 0.407 e. The van der Waals surface area contributed by atoms with Gasteiger partial charge in [0.2, 0.25) is 0 Å². The summed E-state index contributed by atoms with van der Waals surface area (Å²) < 4.78 is 5.13. The maximum Gasteiger partial charge on any atom is 0.407 e. The first-order valence-electron chi connectivity index (χ1n) is 5.67. The van der Waals surface area contributed by atoms with E-state index in [2.05, 4.69) is 10.6 Å². The van der Waals surface area contributed by atoms with Crippen molar-refractivity contribution in [3.05, 3.63) is 0 Å². The second-order valence-corrected chi connectivity index (χ2v) is 5.01. The molecular weight excluding hydrogens is 228 g/mol. The van der Waals surface area contributed by atoms with E-state index in [0.717, 1.165) is 13.0 Å². The molecule has 1 amide bonds. The summed E-state index contributed by atoms with van der Waals surface area (Å²) in [7, 11) is 0. The van der Waals surface area contributed by atoms with Gasteiger partial charge in [0.05, 0.1) is 0 Å². The minimum atomic E-state index is -0.407. The molecule has 0 unspecified atom stereocenters. The van der Waals surface area contributed by atoms with Crippen molar-refractivity contribution < 1.29 is 9.53 Å². The average molecular weight is 251 g/mol. The summed E-state index contributed by atoms with van der Waals surface area (Å²) in [5.41, 5.74) is -0.407. The Morgan fingerprint density at radius 1 is 1.50 bits per heavy atom. The number of halogens is 1. The fraction of sp³-hybridized carbons (Fsp3) is 0.909. The van der Waals surface area contributed by atoms with Crippen molar-refractivity contribution in [2.75, 3.05) is 13.1 Å². The number of hydrogen-bond donors (Lipinski definition) is 2. The number of rotatable bonds is 3. The topological polar surface area (TPSA) is 50.4 Å². The molecule has 1 atom stereocenters. The van der Waals surface area contributed by atoms with E-state index in [1.54, 1.807) is 0 Å². The lowest BCUT2D eigenvalue weighted by Gasteiger charge is -2.20. The molecule has 1 aliphatic heterocycles. The van der Waals surface area contributed by atoms with Gasteiger partial charge >= 0.3 is 6.09 Å². The van der Waals surface area contributed by atoms with E-state index in [1.165, 1.54) is 12.8 Å².